The number of nitrogens with two attached hydrogens (primary N) is 1. The number of nitrogens with zero attached hydrogens (tertiary/aromatic N) is 1. The summed E-state index contributed by atoms with van der Waals surface area (Å²) >= 11 is 0. The Morgan fingerprint density at radius 1 is 1.18 bits per heavy atom. The molecule has 2 aliphatic heterocycles. The van der Waals surface area contributed by atoms with Gasteiger partial charge in [0.05, 0.1) is 37.1 Å². The average molecular weight is 412 g/mol. The Hall–Kier alpha value is -1.52. The molecule has 2 heterocycles. The molecule has 1 amide bonds. The predicted molar refractivity (Wildman–Crippen MR) is 105 cm³/mol. The van der Waals surface area contributed by atoms with Crippen LogP contribution in [0, 0.1) is 0 Å². The number of sulfone groups is 1. The fraction of sp³-hybridized carbons (Fsp3) is 0.632. The molecule has 1 saturated heterocycles. The third-order valence-electron chi connectivity index (χ3n) is 5.13. The molecular weight excluding hydrogens is 382 g/mol. The Morgan fingerprint density at radius 2 is 1.96 bits per heavy atom. The SMILES string of the molecule is NCCOCCOCCS(=O)(=O)c1cccc2c1CN(C1CCCNC1)C2=O. The number of carbonyl (C=O) groups is 1. The van der Waals surface area contributed by atoms with Crippen molar-refractivity contribution in [2.45, 2.75) is 30.3 Å². The zero-order valence-electron chi connectivity index (χ0n) is 16.1. The van der Waals surface area contributed by atoms with Crippen molar-refractivity contribution in [1.82, 2.24) is 10.2 Å². The summed E-state index contributed by atoms with van der Waals surface area (Å²) in [6.07, 6.45) is 1.96. The lowest BCUT2D eigenvalue weighted by atomic mass is 10.1. The summed E-state index contributed by atoms with van der Waals surface area (Å²) in [6.45, 7) is 3.76. The van der Waals surface area contributed by atoms with E-state index in [-0.39, 0.29) is 29.2 Å². The highest BCUT2D eigenvalue weighted by Gasteiger charge is 2.36. The Balaban J connectivity index is 1.63. The highest BCUT2D eigenvalue weighted by molar-refractivity contribution is 7.91. The van der Waals surface area contributed by atoms with Gasteiger partial charge in [-0.3, -0.25) is 4.79 Å². The van der Waals surface area contributed by atoms with Gasteiger partial charge in [-0.25, -0.2) is 8.42 Å². The quantitative estimate of drug-likeness (QED) is 0.528. The van der Waals surface area contributed by atoms with E-state index in [1.54, 1.807) is 23.1 Å². The molecule has 8 nitrogen and oxygen atoms in total. The van der Waals surface area contributed by atoms with Crippen LogP contribution >= 0.6 is 0 Å². The number of hydrogen-bond acceptors (Lipinski definition) is 7. The lowest BCUT2D eigenvalue weighted by molar-refractivity contribution is 0.0567. The summed E-state index contributed by atoms with van der Waals surface area (Å²) in [6, 6.07) is 5.07. The number of fused-ring (bicyclic) bond motifs is 1. The highest BCUT2D eigenvalue weighted by atomic mass is 32.2. The summed E-state index contributed by atoms with van der Waals surface area (Å²) < 4.78 is 36.3. The molecular formula is C19H29N3O5S. The normalized spacial score (nSPS) is 19.8. The standard InChI is InChI=1S/C19H29N3O5S/c20-6-8-26-9-10-27-11-12-28(24,25)18-5-1-4-16-17(18)14-22(19(16)23)15-3-2-7-21-13-15/h1,4-5,15,21H,2-3,6-14,20H2. The van der Waals surface area contributed by atoms with Crippen molar-refractivity contribution in [3.05, 3.63) is 29.3 Å². The average Bonchev–Trinajstić information content (AvgIpc) is 3.04. The summed E-state index contributed by atoms with van der Waals surface area (Å²) in [5.74, 6) is -0.200. The van der Waals surface area contributed by atoms with E-state index in [0.717, 1.165) is 25.9 Å². The minimum absolute atomic E-state index is 0.0750. The van der Waals surface area contributed by atoms with E-state index in [2.05, 4.69) is 5.32 Å². The van der Waals surface area contributed by atoms with Gasteiger partial charge in [0.1, 0.15) is 0 Å². The second-order valence-electron chi connectivity index (χ2n) is 7.05. The van der Waals surface area contributed by atoms with Crippen LogP contribution in [0.15, 0.2) is 23.1 Å². The largest absolute Gasteiger partial charge is 0.378 e. The number of hydrogen-bond donors (Lipinski definition) is 2. The first-order chi connectivity index (χ1) is 13.5. The van der Waals surface area contributed by atoms with E-state index >= 15 is 0 Å². The maximum absolute atomic E-state index is 12.8. The maximum Gasteiger partial charge on any atom is 0.254 e. The van der Waals surface area contributed by atoms with Gasteiger partial charge in [-0.2, -0.15) is 0 Å². The first-order valence-electron chi connectivity index (χ1n) is 9.76. The van der Waals surface area contributed by atoms with E-state index in [1.165, 1.54) is 0 Å². The van der Waals surface area contributed by atoms with Crippen molar-refractivity contribution in [3.63, 3.8) is 0 Å². The Bertz CT molecular complexity index is 778. The number of amides is 1. The molecule has 0 spiro atoms. The van der Waals surface area contributed by atoms with Gasteiger partial charge in [-0.05, 0) is 31.5 Å². The van der Waals surface area contributed by atoms with Crippen LogP contribution in [0.2, 0.25) is 0 Å². The van der Waals surface area contributed by atoms with Crippen LogP contribution in [-0.4, -0.2) is 77.1 Å². The molecule has 0 aliphatic carbocycles. The molecule has 1 aromatic carbocycles. The van der Waals surface area contributed by atoms with Gasteiger partial charge in [0.15, 0.2) is 9.84 Å². The number of carbonyl (C=O) groups excluding carboxylic acids is 1. The van der Waals surface area contributed by atoms with Gasteiger partial charge in [0.2, 0.25) is 0 Å². The van der Waals surface area contributed by atoms with Crippen molar-refractivity contribution in [1.29, 1.82) is 0 Å². The van der Waals surface area contributed by atoms with Crippen LogP contribution in [0.4, 0.5) is 0 Å². The molecule has 3 N–H and O–H groups in total. The van der Waals surface area contributed by atoms with Crippen molar-refractivity contribution in [2.24, 2.45) is 5.73 Å². The van der Waals surface area contributed by atoms with Gasteiger partial charge >= 0.3 is 0 Å². The van der Waals surface area contributed by atoms with Crippen LogP contribution in [0.3, 0.4) is 0 Å². The monoisotopic (exact) mass is 411 g/mol. The third kappa shape index (κ3) is 4.90. The molecule has 1 aromatic rings. The second-order valence-corrected chi connectivity index (χ2v) is 9.13. The molecule has 0 radical (unpaired) electrons. The molecule has 9 heteroatoms. The molecule has 1 atom stereocenters. The molecule has 0 bridgehead atoms. The van der Waals surface area contributed by atoms with Crippen LogP contribution in [0.5, 0.6) is 0 Å². The highest BCUT2D eigenvalue weighted by Crippen LogP contribution is 2.31. The van der Waals surface area contributed by atoms with Crippen molar-refractivity contribution < 1.29 is 22.7 Å². The van der Waals surface area contributed by atoms with Gasteiger partial charge in [0, 0.05) is 36.8 Å². The van der Waals surface area contributed by atoms with Gasteiger partial charge in [-0.15, -0.1) is 0 Å². The van der Waals surface area contributed by atoms with Crippen LogP contribution in [0.25, 0.3) is 0 Å². The van der Waals surface area contributed by atoms with Crippen molar-refractivity contribution >= 4 is 15.7 Å². The zero-order chi connectivity index (χ0) is 20.0. The van der Waals surface area contributed by atoms with Crippen molar-refractivity contribution in [2.75, 3.05) is 51.8 Å². The first kappa shape index (κ1) is 21.2. The van der Waals surface area contributed by atoms with E-state index in [4.69, 9.17) is 15.2 Å². The minimum atomic E-state index is -3.54. The maximum atomic E-state index is 12.8. The smallest absolute Gasteiger partial charge is 0.254 e. The molecule has 3 rings (SSSR count). The summed E-state index contributed by atoms with van der Waals surface area (Å²) in [5, 5.41) is 3.31. The molecule has 28 heavy (non-hydrogen) atoms. The number of nitrogens with one attached hydrogen (secondary N) is 1. The van der Waals surface area contributed by atoms with Crippen LogP contribution in [0.1, 0.15) is 28.8 Å². The Kier molecular flexibility index (Phi) is 7.42. The molecule has 2 aliphatic rings. The summed E-state index contributed by atoms with van der Waals surface area (Å²) in [4.78, 5) is 14.9. The van der Waals surface area contributed by atoms with Gasteiger partial charge < -0.3 is 25.4 Å². The fourth-order valence-corrected chi connectivity index (χ4v) is 5.09. The minimum Gasteiger partial charge on any atom is -0.378 e. The summed E-state index contributed by atoms with van der Waals surface area (Å²) in [5.41, 5.74) is 6.44. The molecule has 1 unspecified atom stereocenters. The van der Waals surface area contributed by atoms with E-state index in [9.17, 15) is 13.2 Å². The lowest BCUT2D eigenvalue weighted by Gasteiger charge is -2.31. The number of rotatable bonds is 10. The van der Waals surface area contributed by atoms with Gasteiger partial charge in [-0.1, -0.05) is 6.07 Å². The van der Waals surface area contributed by atoms with Crippen molar-refractivity contribution in [3.8, 4) is 0 Å². The zero-order valence-corrected chi connectivity index (χ0v) is 16.9. The first-order valence-corrected chi connectivity index (χ1v) is 11.4. The molecule has 0 aromatic heterocycles. The predicted octanol–water partition coefficient (Wildman–Crippen LogP) is 0.160. The Morgan fingerprint density at radius 3 is 2.68 bits per heavy atom. The van der Waals surface area contributed by atoms with E-state index in [1.807, 2.05) is 0 Å². The lowest BCUT2D eigenvalue weighted by Crippen LogP contribution is -2.46. The van der Waals surface area contributed by atoms with E-state index < -0.39 is 9.84 Å². The van der Waals surface area contributed by atoms with E-state index in [0.29, 0.717) is 44.0 Å². The number of piperidine rings is 1. The van der Waals surface area contributed by atoms with Crippen LogP contribution in [-0.2, 0) is 25.9 Å². The second kappa shape index (κ2) is 9.80. The Labute approximate surface area is 166 Å². The van der Waals surface area contributed by atoms with Gasteiger partial charge in [0.25, 0.3) is 5.91 Å². The molecule has 1 fully saturated rings. The topological polar surface area (TPSA) is 111 Å². The summed E-state index contributed by atoms with van der Waals surface area (Å²) in [7, 11) is -3.54. The molecule has 0 saturated carbocycles. The molecule has 156 valence electrons. The fourth-order valence-electron chi connectivity index (χ4n) is 3.70. The number of benzene rings is 1. The van der Waals surface area contributed by atoms with Crippen LogP contribution < -0.4 is 11.1 Å². The number of ether oxygens (including phenoxy) is 2. The third-order valence-corrected chi connectivity index (χ3v) is 6.89.